The van der Waals surface area contributed by atoms with Gasteiger partial charge in [-0.15, -0.1) is 0 Å². The molecule has 0 saturated heterocycles. The van der Waals surface area contributed by atoms with Crippen LogP contribution in [0.2, 0.25) is 0 Å². The monoisotopic (exact) mass is 285 g/mol. The number of nitrogens with zero attached hydrogens (tertiary/aromatic N) is 2. The second kappa shape index (κ2) is 6.57. The molecule has 21 heavy (non-hydrogen) atoms. The van der Waals surface area contributed by atoms with Gasteiger partial charge in [0.15, 0.2) is 0 Å². The highest BCUT2D eigenvalue weighted by molar-refractivity contribution is 5.92. The molecular weight excluding hydrogens is 262 g/mol. The quantitative estimate of drug-likeness (QED) is 0.914. The minimum absolute atomic E-state index is 0.0192. The van der Waals surface area contributed by atoms with Crippen LogP contribution in [0, 0.1) is 13.8 Å². The average molecular weight is 285 g/mol. The number of nitrogens with one attached hydrogen (secondary N) is 1. The van der Waals surface area contributed by atoms with Crippen molar-refractivity contribution in [2.75, 3.05) is 0 Å². The topological polar surface area (TPSA) is 49.0 Å². The number of aryl methyl sites for hydroxylation is 2. The fourth-order valence-electron chi connectivity index (χ4n) is 2.21. The molecule has 1 N–H and O–H groups in total. The summed E-state index contributed by atoms with van der Waals surface area (Å²) in [6.07, 6.45) is 0.918. The highest BCUT2D eigenvalue weighted by Crippen LogP contribution is 2.15. The number of benzene rings is 1. The molecule has 0 spiro atoms. The predicted octanol–water partition coefficient (Wildman–Crippen LogP) is 3.47. The second-order valence-corrected chi connectivity index (χ2v) is 5.61. The van der Waals surface area contributed by atoms with Crippen molar-refractivity contribution in [3.05, 3.63) is 52.8 Å². The Bertz CT molecular complexity index is 601. The van der Waals surface area contributed by atoms with Gasteiger partial charge < -0.3 is 4.90 Å². The van der Waals surface area contributed by atoms with E-state index in [-0.39, 0.29) is 11.9 Å². The molecular formula is C17H23N3O. The number of rotatable bonds is 5. The maximum Gasteiger partial charge on any atom is 0.274 e. The summed E-state index contributed by atoms with van der Waals surface area (Å²) in [5.41, 5.74) is 3.75. The third kappa shape index (κ3) is 3.72. The van der Waals surface area contributed by atoms with Crippen molar-refractivity contribution < 1.29 is 4.79 Å². The Labute approximate surface area is 126 Å². The first kappa shape index (κ1) is 15.3. The van der Waals surface area contributed by atoms with E-state index in [1.165, 1.54) is 5.56 Å². The van der Waals surface area contributed by atoms with Crippen LogP contribution in [0.1, 0.15) is 47.6 Å². The highest BCUT2D eigenvalue weighted by Gasteiger charge is 2.22. The lowest BCUT2D eigenvalue weighted by Gasteiger charge is -2.28. The SMILES string of the molecule is CC[C@H](C)N(Cc1ccc(C)cc1)C(=O)c1cc(C)[nH]n1. The van der Waals surface area contributed by atoms with Gasteiger partial charge in [0.1, 0.15) is 5.69 Å². The van der Waals surface area contributed by atoms with Gasteiger partial charge in [-0.1, -0.05) is 36.8 Å². The van der Waals surface area contributed by atoms with E-state index >= 15 is 0 Å². The van der Waals surface area contributed by atoms with Crippen LogP contribution in [0.3, 0.4) is 0 Å². The van der Waals surface area contributed by atoms with Crippen LogP contribution >= 0.6 is 0 Å². The van der Waals surface area contributed by atoms with E-state index in [0.29, 0.717) is 12.2 Å². The lowest BCUT2D eigenvalue weighted by atomic mass is 10.1. The number of aromatic nitrogens is 2. The van der Waals surface area contributed by atoms with E-state index in [9.17, 15) is 4.79 Å². The molecule has 0 fully saturated rings. The molecule has 4 heteroatoms. The molecule has 0 aliphatic carbocycles. The van der Waals surface area contributed by atoms with Gasteiger partial charge in [0.2, 0.25) is 0 Å². The van der Waals surface area contributed by atoms with Crippen molar-refractivity contribution in [2.45, 2.75) is 46.7 Å². The van der Waals surface area contributed by atoms with Gasteiger partial charge in [-0.2, -0.15) is 5.10 Å². The van der Waals surface area contributed by atoms with Crippen molar-refractivity contribution in [3.63, 3.8) is 0 Å². The molecule has 0 aliphatic rings. The average Bonchev–Trinajstić information content (AvgIpc) is 2.92. The first-order chi connectivity index (χ1) is 10.0. The number of amides is 1. The first-order valence-corrected chi connectivity index (χ1v) is 7.39. The van der Waals surface area contributed by atoms with Crippen LogP contribution in [0.15, 0.2) is 30.3 Å². The molecule has 1 heterocycles. The third-order valence-electron chi connectivity index (χ3n) is 3.78. The summed E-state index contributed by atoms with van der Waals surface area (Å²) in [5, 5.41) is 6.93. The Hall–Kier alpha value is -2.10. The summed E-state index contributed by atoms with van der Waals surface area (Å²) in [6.45, 7) is 8.74. The van der Waals surface area contributed by atoms with Gasteiger partial charge in [-0.3, -0.25) is 9.89 Å². The zero-order valence-corrected chi connectivity index (χ0v) is 13.2. The predicted molar refractivity (Wildman–Crippen MR) is 84.1 cm³/mol. The standard InChI is InChI=1S/C17H23N3O/c1-5-14(4)20(11-15-8-6-12(2)7-9-15)17(21)16-10-13(3)18-19-16/h6-10,14H,5,11H2,1-4H3,(H,18,19)/t14-/m0/s1. The number of H-pyrrole nitrogens is 1. The zero-order valence-electron chi connectivity index (χ0n) is 13.2. The van der Waals surface area contributed by atoms with Crippen LogP contribution in [0.5, 0.6) is 0 Å². The maximum atomic E-state index is 12.7. The Morgan fingerprint density at radius 2 is 1.95 bits per heavy atom. The molecule has 0 saturated carbocycles. The molecule has 1 amide bonds. The molecule has 0 radical (unpaired) electrons. The van der Waals surface area contributed by atoms with Crippen molar-refractivity contribution in [1.82, 2.24) is 15.1 Å². The molecule has 2 rings (SSSR count). The van der Waals surface area contributed by atoms with Gasteiger partial charge in [-0.05, 0) is 38.8 Å². The molecule has 0 bridgehead atoms. The van der Waals surface area contributed by atoms with Crippen LogP contribution in [-0.4, -0.2) is 27.0 Å². The van der Waals surface area contributed by atoms with Gasteiger partial charge in [0.25, 0.3) is 5.91 Å². The van der Waals surface area contributed by atoms with Crippen LogP contribution in [-0.2, 0) is 6.54 Å². The summed E-state index contributed by atoms with van der Waals surface area (Å²) in [7, 11) is 0. The van der Waals surface area contributed by atoms with Crippen LogP contribution < -0.4 is 0 Å². The molecule has 1 aromatic carbocycles. The van der Waals surface area contributed by atoms with Gasteiger partial charge in [0, 0.05) is 18.3 Å². The van der Waals surface area contributed by atoms with Crippen LogP contribution in [0.4, 0.5) is 0 Å². The van der Waals surface area contributed by atoms with E-state index < -0.39 is 0 Å². The summed E-state index contributed by atoms with van der Waals surface area (Å²) in [4.78, 5) is 14.6. The summed E-state index contributed by atoms with van der Waals surface area (Å²) >= 11 is 0. The minimum Gasteiger partial charge on any atom is -0.330 e. The van der Waals surface area contributed by atoms with E-state index in [2.05, 4.69) is 55.2 Å². The van der Waals surface area contributed by atoms with Crippen molar-refractivity contribution in [3.8, 4) is 0 Å². The zero-order chi connectivity index (χ0) is 15.4. The summed E-state index contributed by atoms with van der Waals surface area (Å²) in [6, 6.07) is 10.3. The summed E-state index contributed by atoms with van der Waals surface area (Å²) in [5.74, 6) is -0.0192. The normalized spacial score (nSPS) is 12.2. The van der Waals surface area contributed by atoms with Gasteiger partial charge >= 0.3 is 0 Å². The van der Waals surface area contributed by atoms with Crippen molar-refractivity contribution in [2.24, 2.45) is 0 Å². The maximum absolute atomic E-state index is 12.7. The molecule has 0 aliphatic heterocycles. The van der Waals surface area contributed by atoms with Gasteiger partial charge in [-0.25, -0.2) is 0 Å². The van der Waals surface area contributed by atoms with E-state index in [1.54, 1.807) is 6.07 Å². The lowest BCUT2D eigenvalue weighted by molar-refractivity contribution is 0.0665. The Kier molecular flexibility index (Phi) is 4.78. The number of hydrogen-bond acceptors (Lipinski definition) is 2. The molecule has 112 valence electrons. The van der Waals surface area contributed by atoms with Crippen LogP contribution in [0.25, 0.3) is 0 Å². The smallest absolute Gasteiger partial charge is 0.274 e. The number of carbonyl (C=O) groups excluding carboxylic acids is 1. The van der Waals surface area contributed by atoms with E-state index in [4.69, 9.17) is 0 Å². The fourth-order valence-corrected chi connectivity index (χ4v) is 2.21. The molecule has 2 aromatic rings. The largest absolute Gasteiger partial charge is 0.330 e. The molecule has 0 unspecified atom stereocenters. The lowest BCUT2D eigenvalue weighted by Crippen LogP contribution is -2.38. The Morgan fingerprint density at radius 3 is 2.48 bits per heavy atom. The van der Waals surface area contributed by atoms with Gasteiger partial charge in [0.05, 0.1) is 0 Å². The van der Waals surface area contributed by atoms with Crippen molar-refractivity contribution in [1.29, 1.82) is 0 Å². The Morgan fingerprint density at radius 1 is 1.29 bits per heavy atom. The number of aromatic amines is 1. The molecule has 1 atom stereocenters. The first-order valence-electron chi connectivity index (χ1n) is 7.39. The van der Waals surface area contributed by atoms with Crippen molar-refractivity contribution >= 4 is 5.91 Å². The van der Waals surface area contributed by atoms with E-state index in [0.717, 1.165) is 17.7 Å². The number of carbonyl (C=O) groups is 1. The number of hydrogen-bond donors (Lipinski definition) is 1. The molecule has 4 nitrogen and oxygen atoms in total. The Balaban J connectivity index is 2.22. The highest BCUT2D eigenvalue weighted by atomic mass is 16.2. The molecule has 1 aromatic heterocycles. The van der Waals surface area contributed by atoms with E-state index in [1.807, 2.05) is 11.8 Å². The third-order valence-corrected chi connectivity index (χ3v) is 3.78. The fraction of sp³-hybridized carbons (Fsp3) is 0.412. The summed E-state index contributed by atoms with van der Waals surface area (Å²) < 4.78 is 0. The second-order valence-electron chi connectivity index (χ2n) is 5.61. The minimum atomic E-state index is -0.0192.